The van der Waals surface area contributed by atoms with Crippen LogP contribution < -0.4 is 5.32 Å². The molecule has 0 unspecified atom stereocenters. The number of aromatic nitrogens is 1. The first-order chi connectivity index (χ1) is 10.1. The van der Waals surface area contributed by atoms with Crippen molar-refractivity contribution in [3.05, 3.63) is 16.1 Å². The third-order valence-corrected chi connectivity index (χ3v) is 4.31. The fourth-order valence-corrected chi connectivity index (χ4v) is 2.88. The van der Waals surface area contributed by atoms with E-state index in [9.17, 15) is 9.59 Å². The third kappa shape index (κ3) is 4.68. The number of hydrogen-bond acceptors (Lipinski definition) is 5. The number of carboxylic acid groups (broad SMARTS) is 1. The van der Waals surface area contributed by atoms with E-state index in [1.165, 1.54) is 29.6 Å². The van der Waals surface area contributed by atoms with Crippen LogP contribution in [0.4, 0.5) is 4.79 Å². The van der Waals surface area contributed by atoms with Crippen molar-refractivity contribution in [2.24, 2.45) is 0 Å². The molecule has 1 aromatic rings. The average Bonchev–Trinajstić information content (AvgIpc) is 3.13. The van der Waals surface area contributed by atoms with Crippen LogP contribution in [0.25, 0.3) is 0 Å². The predicted molar refractivity (Wildman–Crippen MR) is 79.6 cm³/mol. The molecule has 1 aliphatic rings. The van der Waals surface area contributed by atoms with Crippen LogP contribution in [0.3, 0.4) is 0 Å². The van der Waals surface area contributed by atoms with Gasteiger partial charge in [-0.1, -0.05) is 0 Å². The van der Waals surface area contributed by atoms with Gasteiger partial charge in [-0.3, -0.25) is 0 Å². The lowest BCUT2D eigenvalue weighted by Gasteiger charge is -2.21. The molecule has 0 radical (unpaired) electrons. The maximum absolute atomic E-state index is 11.9. The highest BCUT2D eigenvalue weighted by Gasteiger charge is 2.15. The van der Waals surface area contributed by atoms with Gasteiger partial charge in [-0.2, -0.15) is 0 Å². The van der Waals surface area contributed by atoms with Crippen LogP contribution in [-0.2, 0) is 6.54 Å². The lowest BCUT2D eigenvalue weighted by atomic mass is 10.4. The van der Waals surface area contributed by atoms with Gasteiger partial charge < -0.3 is 20.2 Å². The topological polar surface area (TPSA) is 85.8 Å². The fraction of sp³-hybridized carbons (Fsp3) is 0.615. The Kier molecular flexibility index (Phi) is 5.51. The summed E-state index contributed by atoms with van der Waals surface area (Å²) in [7, 11) is 1.76. The van der Waals surface area contributed by atoms with E-state index in [4.69, 9.17) is 5.11 Å². The molecule has 0 spiro atoms. The number of aromatic carboxylic acids is 1. The summed E-state index contributed by atoms with van der Waals surface area (Å²) in [6.07, 6.45) is 2.48. The van der Waals surface area contributed by atoms with Crippen molar-refractivity contribution in [3.63, 3.8) is 0 Å². The summed E-state index contributed by atoms with van der Waals surface area (Å²) in [6, 6.07) is -0.165. The van der Waals surface area contributed by atoms with Gasteiger partial charge in [0.2, 0.25) is 0 Å². The summed E-state index contributed by atoms with van der Waals surface area (Å²) in [5, 5.41) is 13.6. The highest BCUT2D eigenvalue weighted by atomic mass is 32.1. The SMILES string of the molecule is CN(CCN1CCCC1)C(=O)NCc1nc(C(=O)O)cs1. The summed E-state index contributed by atoms with van der Waals surface area (Å²) >= 11 is 1.23. The number of nitrogens with one attached hydrogen (secondary N) is 1. The van der Waals surface area contributed by atoms with Crippen molar-refractivity contribution in [1.29, 1.82) is 0 Å². The number of nitrogens with zero attached hydrogens (tertiary/aromatic N) is 3. The first-order valence-corrected chi connectivity index (χ1v) is 7.83. The van der Waals surface area contributed by atoms with Crippen molar-refractivity contribution in [2.45, 2.75) is 19.4 Å². The van der Waals surface area contributed by atoms with Gasteiger partial charge in [0, 0.05) is 25.5 Å². The second kappa shape index (κ2) is 7.37. The maximum atomic E-state index is 11.9. The van der Waals surface area contributed by atoms with Gasteiger partial charge in [0.05, 0.1) is 6.54 Å². The van der Waals surface area contributed by atoms with Gasteiger partial charge in [0.15, 0.2) is 5.69 Å². The average molecular weight is 312 g/mol. The molecule has 2 amide bonds. The van der Waals surface area contributed by atoms with E-state index >= 15 is 0 Å². The quantitative estimate of drug-likeness (QED) is 0.821. The summed E-state index contributed by atoms with van der Waals surface area (Å²) < 4.78 is 0. The Morgan fingerprint density at radius 1 is 1.48 bits per heavy atom. The number of likely N-dealkylation sites (tertiary alicyclic amines) is 1. The molecule has 2 rings (SSSR count). The van der Waals surface area contributed by atoms with E-state index in [1.807, 2.05) is 0 Å². The fourth-order valence-electron chi connectivity index (χ4n) is 2.18. The van der Waals surface area contributed by atoms with E-state index in [0.29, 0.717) is 11.6 Å². The Morgan fingerprint density at radius 3 is 2.81 bits per heavy atom. The second-order valence-electron chi connectivity index (χ2n) is 5.06. The summed E-state index contributed by atoms with van der Waals surface area (Å²) in [6.45, 7) is 4.07. The minimum atomic E-state index is -1.05. The molecule has 1 aromatic heterocycles. The number of urea groups is 1. The van der Waals surface area contributed by atoms with Gasteiger partial charge in [-0.25, -0.2) is 14.6 Å². The normalized spacial score (nSPS) is 15.1. The molecule has 7 nitrogen and oxygen atoms in total. The van der Waals surface area contributed by atoms with Crippen molar-refractivity contribution >= 4 is 23.3 Å². The highest BCUT2D eigenvalue weighted by molar-refractivity contribution is 7.09. The number of carboxylic acids is 1. The number of carbonyl (C=O) groups is 2. The Morgan fingerprint density at radius 2 is 2.19 bits per heavy atom. The van der Waals surface area contributed by atoms with Crippen LogP contribution in [0.2, 0.25) is 0 Å². The van der Waals surface area contributed by atoms with Gasteiger partial charge in [0.25, 0.3) is 0 Å². The van der Waals surface area contributed by atoms with E-state index < -0.39 is 5.97 Å². The summed E-state index contributed by atoms with van der Waals surface area (Å²) in [5.41, 5.74) is 0.0200. The van der Waals surface area contributed by atoms with Crippen LogP contribution in [0.1, 0.15) is 28.3 Å². The van der Waals surface area contributed by atoms with Crippen molar-refractivity contribution < 1.29 is 14.7 Å². The Labute approximate surface area is 127 Å². The third-order valence-electron chi connectivity index (χ3n) is 3.46. The Balaban J connectivity index is 1.71. The first kappa shape index (κ1) is 15.7. The van der Waals surface area contributed by atoms with Crippen LogP contribution >= 0.6 is 11.3 Å². The largest absolute Gasteiger partial charge is 0.476 e. The molecule has 0 atom stereocenters. The Bertz CT molecular complexity index is 499. The van der Waals surface area contributed by atoms with E-state index in [-0.39, 0.29) is 18.3 Å². The molecule has 1 saturated heterocycles. The van der Waals surface area contributed by atoms with E-state index in [0.717, 1.165) is 19.6 Å². The van der Waals surface area contributed by atoms with Gasteiger partial charge in [-0.15, -0.1) is 11.3 Å². The van der Waals surface area contributed by atoms with Crippen LogP contribution in [0.15, 0.2) is 5.38 Å². The first-order valence-electron chi connectivity index (χ1n) is 6.95. The molecule has 0 aromatic carbocycles. The summed E-state index contributed by atoms with van der Waals surface area (Å²) in [4.78, 5) is 30.6. The zero-order chi connectivity index (χ0) is 15.2. The molecule has 1 fully saturated rings. The smallest absolute Gasteiger partial charge is 0.355 e. The van der Waals surface area contributed by atoms with E-state index in [1.54, 1.807) is 11.9 Å². The molecule has 116 valence electrons. The molecule has 0 bridgehead atoms. The number of likely N-dealkylation sites (N-methyl/N-ethyl adjacent to an activating group) is 1. The standard InChI is InChI=1S/C13H20N4O3S/c1-16(6-7-17-4-2-3-5-17)13(20)14-8-11-15-10(9-21-11)12(18)19/h9H,2-8H2,1H3,(H,14,20)(H,18,19). The van der Waals surface area contributed by atoms with Gasteiger partial charge >= 0.3 is 12.0 Å². The number of thiazole rings is 1. The monoisotopic (exact) mass is 312 g/mol. The highest BCUT2D eigenvalue weighted by Crippen LogP contribution is 2.09. The maximum Gasteiger partial charge on any atom is 0.355 e. The lowest BCUT2D eigenvalue weighted by Crippen LogP contribution is -2.41. The molecule has 21 heavy (non-hydrogen) atoms. The number of carbonyl (C=O) groups excluding carboxylic acids is 1. The molecular weight excluding hydrogens is 292 g/mol. The van der Waals surface area contributed by atoms with Gasteiger partial charge in [0.1, 0.15) is 5.01 Å². The minimum Gasteiger partial charge on any atom is -0.476 e. The predicted octanol–water partition coefficient (Wildman–Crippen LogP) is 1.08. The minimum absolute atomic E-state index is 0.0200. The zero-order valence-electron chi connectivity index (χ0n) is 12.0. The second-order valence-corrected chi connectivity index (χ2v) is 6.00. The van der Waals surface area contributed by atoms with Crippen LogP contribution in [-0.4, -0.2) is 65.1 Å². The Hall–Kier alpha value is -1.67. The number of rotatable bonds is 6. The molecule has 0 aliphatic carbocycles. The van der Waals surface area contributed by atoms with E-state index in [2.05, 4.69) is 15.2 Å². The van der Waals surface area contributed by atoms with Crippen molar-refractivity contribution in [3.8, 4) is 0 Å². The van der Waals surface area contributed by atoms with Crippen molar-refractivity contribution in [1.82, 2.24) is 20.1 Å². The van der Waals surface area contributed by atoms with Crippen molar-refractivity contribution in [2.75, 3.05) is 33.2 Å². The molecule has 8 heteroatoms. The van der Waals surface area contributed by atoms with Crippen LogP contribution in [0, 0.1) is 0 Å². The molecule has 0 saturated carbocycles. The van der Waals surface area contributed by atoms with Crippen LogP contribution in [0.5, 0.6) is 0 Å². The number of amides is 2. The van der Waals surface area contributed by atoms with Gasteiger partial charge in [-0.05, 0) is 25.9 Å². The number of hydrogen-bond donors (Lipinski definition) is 2. The zero-order valence-corrected chi connectivity index (χ0v) is 12.9. The molecule has 2 heterocycles. The molecule has 2 N–H and O–H groups in total. The lowest BCUT2D eigenvalue weighted by molar-refractivity contribution is 0.0691. The molecule has 1 aliphatic heterocycles. The molecular formula is C13H20N4O3S. The summed E-state index contributed by atoms with van der Waals surface area (Å²) in [5.74, 6) is -1.05.